The van der Waals surface area contributed by atoms with E-state index in [1.165, 1.54) is 37.8 Å². The van der Waals surface area contributed by atoms with E-state index >= 15 is 0 Å². The molecule has 1 rings (SSSR count). The van der Waals surface area contributed by atoms with Crippen LogP contribution in [-0.4, -0.2) is 6.98 Å². The van der Waals surface area contributed by atoms with Crippen molar-refractivity contribution in [2.45, 2.75) is 45.4 Å². The molecule has 0 nitrogen and oxygen atoms in total. The molecule has 1 aromatic carbocycles. The lowest BCUT2D eigenvalue weighted by Crippen LogP contribution is -2.33. The molecule has 0 N–H and O–H groups in total. The summed E-state index contributed by atoms with van der Waals surface area (Å²) in [5.74, 6) is 0. The van der Waals surface area contributed by atoms with Crippen LogP contribution in [0.2, 0.25) is 0 Å². The topological polar surface area (TPSA) is 0 Å². The van der Waals surface area contributed by atoms with E-state index in [1.54, 1.807) is 0 Å². The molecule has 0 heterocycles. The average Bonchev–Trinajstić information content (AvgIpc) is 2.37. The van der Waals surface area contributed by atoms with E-state index in [4.69, 9.17) is 0 Å². The molecule has 0 aliphatic rings. The average molecular weight is 269 g/mol. The zero-order valence-corrected chi connectivity index (χ0v) is 11.4. The minimum absolute atomic E-state index is 0.531. The molecule has 0 atom stereocenters. The van der Waals surface area contributed by atoms with Crippen LogP contribution >= 0.6 is 0 Å². The monoisotopic (exact) mass is 269 g/mol. The minimum atomic E-state index is -4.87. The minimum Gasteiger partial charge on any atom is -0.445 e. The fourth-order valence-electron chi connectivity index (χ4n) is 1.91. The Hall–Kier alpha value is -1.19. The lowest BCUT2D eigenvalue weighted by molar-refractivity contribution is 0.501. The molecule has 106 valence electrons. The molecule has 0 aliphatic heterocycles. The number of halogens is 3. The third kappa shape index (κ3) is 6.51. The van der Waals surface area contributed by atoms with Crippen LogP contribution in [0.3, 0.4) is 0 Å². The Morgan fingerprint density at radius 1 is 0.947 bits per heavy atom. The fourth-order valence-corrected chi connectivity index (χ4v) is 1.91. The summed E-state index contributed by atoms with van der Waals surface area (Å²) in [6, 6.07) is 5.36. The van der Waals surface area contributed by atoms with Gasteiger partial charge in [-0.3, -0.25) is 0 Å². The second kappa shape index (κ2) is 8.08. The maximum atomic E-state index is 12.4. The first-order valence-corrected chi connectivity index (χ1v) is 7.00. The van der Waals surface area contributed by atoms with E-state index in [-0.39, 0.29) is 0 Å². The highest BCUT2D eigenvalue weighted by Crippen LogP contribution is 2.11. The predicted octanol–water partition coefficient (Wildman–Crippen LogP) is 5.11. The van der Waals surface area contributed by atoms with Crippen LogP contribution in [0.25, 0.3) is 6.08 Å². The molecule has 0 unspecified atom stereocenters. The van der Waals surface area contributed by atoms with Gasteiger partial charge in [-0.2, -0.15) is 0 Å². The van der Waals surface area contributed by atoms with Gasteiger partial charge in [-0.25, -0.2) is 0 Å². The van der Waals surface area contributed by atoms with Crippen LogP contribution in [0.1, 0.15) is 51.0 Å². The lowest BCUT2D eigenvalue weighted by Gasteiger charge is -2.14. The van der Waals surface area contributed by atoms with Gasteiger partial charge in [0.1, 0.15) is 0 Å². The number of unbranched alkanes of at least 4 members (excludes halogenated alkanes) is 5. The molecular formula is C15H21BF3-. The first-order valence-electron chi connectivity index (χ1n) is 7.00. The molecule has 0 aromatic heterocycles. The van der Waals surface area contributed by atoms with Crippen molar-refractivity contribution < 1.29 is 12.9 Å². The van der Waals surface area contributed by atoms with Gasteiger partial charge < -0.3 is 12.9 Å². The number of allylic oxidation sites excluding steroid dienone is 1. The highest BCUT2D eigenvalue weighted by atomic mass is 19.4. The lowest BCUT2D eigenvalue weighted by atomic mass is 9.80. The second-order valence-electron chi connectivity index (χ2n) is 4.85. The van der Waals surface area contributed by atoms with Gasteiger partial charge in [-0.05, 0) is 18.4 Å². The van der Waals surface area contributed by atoms with E-state index in [9.17, 15) is 12.9 Å². The Morgan fingerprint density at radius 3 is 2.16 bits per heavy atom. The predicted molar refractivity (Wildman–Crippen MR) is 77.6 cm³/mol. The van der Waals surface area contributed by atoms with Crippen molar-refractivity contribution in [2.75, 3.05) is 0 Å². The second-order valence-corrected chi connectivity index (χ2v) is 4.85. The van der Waals surface area contributed by atoms with E-state index in [2.05, 4.69) is 6.92 Å². The first-order chi connectivity index (χ1) is 9.04. The summed E-state index contributed by atoms with van der Waals surface area (Å²) in [5, 5.41) is 0. The Kier molecular flexibility index (Phi) is 6.75. The third-order valence-corrected chi connectivity index (χ3v) is 3.10. The fraction of sp³-hybridized carbons (Fsp3) is 0.467. The summed E-state index contributed by atoms with van der Waals surface area (Å²) in [4.78, 5) is 0. The molecule has 0 aliphatic carbocycles. The molecule has 4 heteroatoms. The zero-order valence-electron chi connectivity index (χ0n) is 11.4. The molecule has 0 amide bonds. The quantitative estimate of drug-likeness (QED) is 0.454. The zero-order chi connectivity index (χ0) is 14.1. The maximum absolute atomic E-state index is 12.4. The van der Waals surface area contributed by atoms with Gasteiger partial charge in [0.2, 0.25) is 0 Å². The number of hydrogen-bond donors (Lipinski definition) is 0. The Morgan fingerprint density at radius 2 is 1.58 bits per heavy atom. The number of hydrogen-bond acceptors (Lipinski definition) is 0. The summed E-state index contributed by atoms with van der Waals surface area (Å²) in [5.41, 5.74) is 0.300. The maximum Gasteiger partial charge on any atom is 0.509 e. The van der Waals surface area contributed by atoms with Crippen LogP contribution < -0.4 is 5.46 Å². The van der Waals surface area contributed by atoms with E-state index in [1.807, 2.05) is 12.2 Å². The highest BCUT2D eigenvalue weighted by molar-refractivity contribution is 6.73. The summed E-state index contributed by atoms with van der Waals surface area (Å²) in [6.07, 6.45) is 11.1. The SMILES string of the molecule is CCCCCCC/C=C\c1ccc([B-](F)(F)F)cc1. The molecule has 0 radical (unpaired) electrons. The van der Waals surface area contributed by atoms with Crippen LogP contribution in [-0.2, 0) is 0 Å². The van der Waals surface area contributed by atoms with Crippen LogP contribution in [0.4, 0.5) is 12.9 Å². The van der Waals surface area contributed by atoms with Crippen molar-refractivity contribution in [3.8, 4) is 0 Å². The van der Waals surface area contributed by atoms with Gasteiger partial charge in [0.15, 0.2) is 0 Å². The van der Waals surface area contributed by atoms with Crippen LogP contribution in [0.15, 0.2) is 30.3 Å². The first kappa shape index (κ1) is 15.9. The standard InChI is InChI=1S/C15H21BF3/c1-2-3-4-5-6-7-8-9-14-10-12-15(13-11-14)16(17,18)19/h8-13H,2-7H2,1H3/q-1/b9-8-. The summed E-state index contributed by atoms with van der Waals surface area (Å²) in [6.45, 7) is -2.69. The Labute approximate surface area is 113 Å². The molecular weight excluding hydrogens is 248 g/mol. The van der Waals surface area contributed by atoms with Gasteiger partial charge in [0.05, 0.1) is 0 Å². The molecule has 0 saturated heterocycles. The van der Waals surface area contributed by atoms with Gasteiger partial charge in [-0.15, -0.1) is 5.46 Å². The Balaban J connectivity index is 2.33. The van der Waals surface area contributed by atoms with E-state index in [0.29, 0.717) is 0 Å². The van der Waals surface area contributed by atoms with Gasteiger partial charge >= 0.3 is 6.98 Å². The third-order valence-electron chi connectivity index (χ3n) is 3.10. The number of rotatable bonds is 8. The van der Waals surface area contributed by atoms with Crippen molar-refractivity contribution in [2.24, 2.45) is 0 Å². The Bertz CT molecular complexity index is 379. The van der Waals surface area contributed by atoms with Crippen molar-refractivity contribution in [3.63, 3.8) is 0 Å². The summed E-state index contributed by atoms with van der Waals surface area (Å²) in [7, 11) is 0. The molecule has 0 spiro atoms. The van der Waals surface area contributed by atoms with Crippen molar-refractivity contribution >= 4 is 18.5 Å². The van der Waals surface area contributed by atoms with E-state index < -0.39 is 12.4 Å². The van der Waals surface area contributed by atoms with Gasteiger partial charge in [-0.1, -0.05) is 69.0 Å². The molecule has 1 aromatic rings. The van der Waals surface area contributed by atoms with Crippen molar-refractivity contribution in [3.05, 3.63) is 35.9 Å². The van der Waals surface area contributed by atoms with Gasteiger partial charge in [0.25, 0.3) is 0 Å². The summed E-state index contributed by atoms with van der Waals surface area (Å²) < 4.78 is 37.3. The highest BCUT2D eigenvalue weighted by Gasteiger charge is 2.24. The van der Waals surface area contributed by atoms with Gasteiger partial charge in [0, 0.05) is 0 Å². The molecule has 0 bridgehead atoms. The molecule has 19 heavy (non-hydrogen) atoms. The molecule has 0 fully saturated rings. The smallest absolute Gasteiger partial charge is 0.445 e. The van der Waals surface area contributed by atoms with Crippen LogP contribution in [0, 0.1) is 0 Å². The summed E-state index contributed by atoms with van der Waals surface area (Å²) >= 11 is 0. The van der Waals surface area contributed by atoms with Crippen molar-refractivity contribution in [1.82, 2.24) is 0 Å². The number of benzene rings is 1. The van der Waals surface area contributed by atoms with Crippen LogP contribution in [0.5, 0.6) is 0 Å². The molecule has 0 saturated carbocycles. The van der Waals surface area contributed by atoms with E-state index in [0.717, 1.165) is 30.5 Å². The van der Waals surface area contributed by atoms with Crippen molar-refractivity contribution in [1.29, 1.82) is 0 Å². The normalized spacial score (nSPS) is 12.2. The largest absolute Gasteiger partial charge is 0.509 e.